The van der Waals surface area contributed by atoms with Crippen LogP contribution >= 0.6 is 0 Å². The van der Waals surface area contributed by atoms with Crippen LogP contribution in [-0.4, -0.2) is 35.1 Å². The fraction of sp³-hybridized carbons (Fsp3) is 0.750. The molecule has 2 unspecified atom stereocenters. The van der Waals surface area contributed by atoms with Crippen LogP contribution in [0.15, 0.2) is 12.3 Å². The van der Waals surface area contributed by atoms with Crippen LogP contribution in [0.25, 0.3) is 0 Å². The van der Waals surface area contributed by atoms with E-state index in [0.717, 1.165) is 25.2 Å². The Bertz CT molecular complexity index is 324. The number of rotatable bonds is 5. The van der Waals surface area contributed by atoms with E-state index < -0.39 is 0 Å². The summed E-state index contributed by atoms with van der Waals surface area (Å²) in [5.41, 5.74) is 1.15. The zero-order valence-corrected chi connectivity index (χ0v) is 10.1. The fourth-order valence-corrected chi connectivity index (χ4v) is 2.11. The van der Waals surface area contributed by atoms with Crippen molar-refractivity contribution in [3.05, 3.63) is 18.0 Å². The van der Waals surface area contributed by atoms with Gasteiger partial charge in [-0.2, -0.15) is 5.10 Å². The smallest absolute Gasteiger partial charge is 0.0704 e. The first-order chi connectivity index (χ1) is 7.74. The van der Waals surface area contributed by atoms with Gasteiger partial charge in [0.1, 0.15) is 0 Å². The third-order valence-corrected chi connectivity index (χ3v) is 3.02. The number of aromatic nitrogens is 2. The highest BCUT2D eigenvalue weighted by atomic mass is 16.5. The van der Waals surface area contributed by atoms with Crippen LogP contribution in [0.4, 0.5) is 0 Å². The predicted molar refractivity (Wildman–Crippen MR) is 63.4 cm³/mol. The summed E-state index contributed by atoms with van der Waals surface area (Å²) in [5.74, 6) is 0. The van der Waals surface area contributed by atoms with E-state index in [4.69, 9.17) is 4.74 Å². The highest BCUT2D eigenvalue weighted by Gasteiger charge is 2.20. The minimum atomic E-state index is 0.415. The quantitative estimate of drug-likeness (QED) is 0.760. The molecule has 1 fully saturated rings. The molecular weight excluding hydrogens is 202 g/mol. The van der Waals surface area contributed by atoms with Crippen LogP contribution in [0.5, 0.6) is 0 Å². The summed E-state index contributed by atoms with van der Waals surface area (Å²) >= 11 is 0. The summed E-state index contributed by atoms with van der Waals surface area (Å²) in [7, 11) is 1.95. The SMILES string of the molecule is CC1CCC(CNCCc2ccn(C)n2)O1. The molecule has 1 aromatic heterocycles. The van der Waals surface area contributed by atoms with Crippen molar-refractivity contribution in [1.29, 1.82) is 0 Å². The van der Waals surface area contributed by atoms with E-state index in [2.05, 4.69) is 23.4 Å². The highest BCUT2D eigenvalue weighted by Crippen LogP contribution is 2.17. The Hall–Kier alpha value is -0.870. The molecule has 2 atom stereocenters. The molecule has 90 valence electrons. The Morgan fingerprint density at radius 3 is 3.06 bits per heavy atom. The molecule has 2 rings (SSSR count). The van der Waals surface area contributed by atoms with Crippen molar-refractivity contribution < 1.29 is 4.74 Å². The zero-order valence-electron chi connectivity index (χ0n) is 10.1. The van der Waals surface area contributed by atoms with Crippen LogP contribution in [-0.2, 0) is 18.2 Å². The van der Waals surface area contributed by atoms with Gasteiger partial charge in [-0.1, -0.05) is 0 Å². The number of nitrogens with zero attached hydrogens (tertiary/aromatic N) is 2. The molecule has 4 nitrogen and oxygen atoms in total. The van der Waals surface area contributed by atoms with Gasteiger partial charge in [0.2, 0.25) is 0 Å². The second-order valence-electron chi connectivity index (χ2n) is 4.58. The fourth-order valence-electron chi connectivity index (χ4n) is 2.11. The molecule has 1 aliphatic rings. The Morgan fingerprint density at radius 2 is 2.44 bits per heavy atom. The maximum absolute atomic E-state index is 5.74. The normalized spacial score (nSPS) is 25.1. The molecule has 0 radical (unpaired) electrons. The van der Waals surface area contributed by atoms with E-state index in [1.165, 1.54) is 12.8 Å². The maximum Gasteiger partial charge on any atom is 0.0704 e. The lowest BCUT2D eigenvalue weighted by Crippen LogP contribution is -2.28. The highest BCUT2D eigenvalue weighted by molar-refractivity contribution is 4.98. The van der Waals surface area contributed by atoms with Crippen molar-refractivity contribution in [1.82, 2.24) is 15.1 Å². The number of ether oxygens (including phenoxy) is 1. The average Bonchev–Trinajstić information content (AvgIpc) is 2.83. The first-order valence-electron chi connectivity index (χ1n) is 6.09. The third-order valence-electron chi connectivity index (χ3n) is 3.02. The Labute approximate surface area is 97.0 Å². The molecule has 1 saturated heterocycles. The topological polar surface area (TPSA) is 39.1 Å². The number of hydrogen-bond acceptors (Lipinski definition) is 3. The van der Waals surface area contributed by atoms with Gasteiger partial charge in [0.15, 0.2) is 0 Å². The van der Waals surface area contributed by atoms with E-state index in [1.807, 2.05) is 17.9 Å². The van der Waals surface area contributed by atoms with Crippen LogP contribution < -0.4 is 5.32 Å². The summed E-state index contributed by atoms with van der Waals surface area (Å²) in [4.78, 5) is 0. The summed E-state index contributed by atoms with van der Waals surface area (Å²) in [6.07, 6.45) is 6.23. The Morgan fingerprint density at radius 1 is 1.56 bits per heavy atom. The molecule has 2 heterocycles. The van der Waals surface area contributed by atoms with E-state index in [1.54, 1.807) is 0 Å². The van der Waals surface area contributed by atoms with Gasteiger partial charge in [-0.25, -0.2) is 0 Å². The summed E-state index contributed by atoms with van der Waals surface area (Å²) in [6.45, 7) is 4.09. The van der Waals surface area contributed by atoms with E-state index in [0.29, 0.717) is 12.2 Å². The molecule has 0 aromatic carbocycles. The number of hydrogen-bond donors (Lipinski definition) is 1. The molecule has 1 aromatic rings. The third kappa shape index (κ3) is 3.32. The van der Waals surface area contributed by atoms with Gasteiger partial charge >= 0.3 is 0 Å². The lowest BCUT2D eigenvalue weighted by molar-refractivity contribution is 0.0562. The standard InChI is InChI=1S/C12H21N3O/c1-10-3-4-12(16-10)9-13-7-5-11-6-8-15(2)14-11/h6,8,10,12-13H,3-5,7,9H2,1-2H3. The lowest BCUT2D eigenvalue weighted by atomic mass is 10.2. The molecular formula is C12H21N3O. The predicted octanol–water partition coefficient (Wildman–Crippen LogP) is 1.12. The molecule has 1 aliphatic heterocycles. The van der Waals surface area contributed by atoms with Gasteiger partial charge < -0.3 is 10.1 Å². The van der Waals surface area contributed by atoms with Gasteiger partial charge in [0.25, 0.3) is 0 Å². The van der Waals surface area contributed by atoms with Crippen molar-refractivity contribution in [2.75, 3.05) is 13.1 Å². The molecule has 16 heavy (non-hydrogen) atoms. The number of nitrogens with one attached hydrogen (secondary N) is 1. The van der Waals surface area contributed by atoms with Crippen LogP contribution in [0, 0.1) is 0 Å². The Balaban J connectivity index is 1.58. The van der Waals surface area contributed by atoms with Crippen molar-refractivity contribution in [2.24, 2.45) is 7.05 Å². The Kier molecular flexibility index (Phi) is 3.96. The van der Waals surface area contributed by atoms with E-state index in [-0.39, 0.29) is 0 Å². The summed E-state index contributed by atoms with van der Waals surface area (Å²) < 4.78 is 7.58. The monoisotopic (exact) mass is 223 g/mol. The molecule has 0 amide bonds. The average molecular weight is 223 g/mol. The zero-order chi connectivity index (χ0) is 11.4. The maximum atomic E-state index is 5.74. The van der Waals surface area contributed by atoms with Crippen molar-refractivity contribution in [3.8, 4) is 0 Å². The van der Waals surface area contributed by atoms with E-state index >= 15 is 0 Å². The largest absolute Gasteiger partial charge is 0.374 e. The van der Waals surface area contributed by atoms with Gasteiger partial charge in [-0.3, -0.25) is 4.68 Å². The molecule has 0 saturated carbocycles. The second-order valence-corrected chi connectivity index (χ2v) is 4.58. The summed E-state index contributed by atoms with van der Waals surface area (Å²) in [5, 5.41) is 7.77. The van der Waals surface area contributed by atoms with Gasteiger partial charge in [-0.15, -0.1) is 0 Å². The lowest BCUT2D eigenvalue weighted by Gasteiger charge is -2.11. The van der Waals surface area contributed by atoms with Crippen LogP contribution in [0.3, 0.4) is 0 Å². The summed E-state index contributed by atoms with van der Waals surface area (Å²) in [6, 6.07) is 2.07. The minimum absolute atomic E-state index is 0.415. The van der Waals surface area contributed by atoms with Crippen molar-refractivity contribution >= 4 is 0 Å². The van der Waals surface area contributed by atoms with E-state index in [9.17, 15) is 0 Å². The van der Waals surface area contributed by atoms with Crippen LogP contribution in [0.2, 0.25) is 0 Å². The molecule has 0 spiro atoms. The molecule has 0 bridgehead atoms. The van der Waals surface area contributed by atoms with Crippen LogP contribution in [0.1, 0.15) is 25.5 Å². The molecule has 4 heteroatoms. The van der Waals surface area contributed by atoms with Gasteiger partial charge in [0.05, 0.1) is 17.9 Å². The first kappa shape index (κ1) is 11.6. The van der Waals surface area contributed by atoms with Gasteiger partial charge in [-0.05, 0) is 25.8 Å². The van der Waals surface area contributed by atoms with Gasteiger partial charge in [0, 0.05) is 32.8 Å². The first-order valence-corrected chi connectivity index (χ1v) is 6.09. The van der Waals surface area contributed by atoms with Crippen molar-refractivity contribution in [3.63, 3.8) is 0 Å². The molecule has 0 aliphatic carbocycles. The minimum Gasteiger partial charge on any atom is -0.374 e. The van der Waals surface area contributed by atoms with Crippen molar-refractivity contribution in [2.45, 2.75) is 38.4 Å². The second kappa shape index (κ2) is 5.46. The number of aryl methyl sites for hydroxylation is 1. The molecule has 1 N–H and O–H groups in total.